The lowest BCUT2D eigenvalue weighted by molar-refractivity contribution is -0.120. The number of amides is 1. The predicted octanol–water partition coefficient (Wildman–Crippen LogP) is 3.19. The van der Waals surface area contributed by atoms with E-state index in [1.54, 1.807) is 6.20 Å². The smallest absolute Gasteiger partial charge is 0.224 e. The Morgan fingerprint density at radius 2 is 1.85 bits per heavy atom. The van der Waals surface area contributed by atoms with Crippen LogP contribution in [0.2, 0.25) is 0 Å². The highest BCUT2D eigenvalue weighted by atomic mass is 16.5. The van der Waals surface area contributed by atoms with Crippen LogP contribution in [0.15, 0.2) is 67.0 Å². The molecule has 134 valence electrons. The molecule has 0 spiro atoms. The van der Waals surface area contributed by atoms with Crippen molar-refractivity contribution in [1.29, 1.82) is 0 Å². The Morgan fingerprint density at radius 3 is 2.54 bits per heavy atom. The van der Waals surface area contributed by atoms with E-state index in [4.69, 9.17) is 4.74 Å². The third kappa shape index (κ3) is 4.96. The standard InChI is InChI=1S/C21H23N3O2/c1-2-26-20-10-8-17(9-11-20)14-21(25)22-15-18-6-3-4-7-19(18)16-24-13-5-12-23-24/h3-13H,2,14-16H2,1H3,(H,22,25). The van der Waals surface area contributed by atoms with E-state index in [0.29, 0.717) is 26.1 Å². The minimum Gasteiger partial charge on any atom is -0.494 e. The van der Waals surface area contributed by atoms with Gasteiger partial charge in [-0.3, -0.25) is 9.48 Å². The summed E-state index contributed by atoms with van der Waals surface area (Å²) in [6, 6.07) is 17.6. The van der Waals surface area contributed by atoms with Gasteiger partial charge in [0.15, 0.2) is 0 Å². The molecule has 1 N–H and O–H groups in total. The van der Waals surface area contributed by atoms with Crippen LogP contribution >= 0.6 is 0 Å². The molecule has 0 aliphatic carbocycles. The zero-order chi connectivity index (χ0) is 18.2. The van der Waals surface area contributed by atoms with Gasteiger partial charge in [0, 0.05) is 18.9 Å². The lowest BCUT2D eigenvalue weighted by Crippen LogP contribution is -2.25. The first-order valence-electron chi connectivity index (χ1n) is 8.77. The van der Waals surface area contributed by atoms with Gasteiger partial charge in [-0.1, -0.05) is 36.4 Å². The van der Waals surface area contributed by atoms with Gasteiger partial charge in [-0.25, -0.2) is 0 Å². The Kier molecular flexibility index (Phi) is 6.04. The summed E-state index contributed by atoms with van der Waals surface area (Å²) in [6.45, 7) is 3.79. The molecule has 0 saturated heterocycles. The summed E-state index contributed by atoms with van der Waals surface area (Å²) in [6.07, 6.45) is 4.05. The second-order valence-corrected chi connectivity index (χ2v) is 6.00. The molecule has 5 heteroatoms. The number of rotatable bonds is 8. The van der Waals surface area contributed by atoms with Gasteiger partial charge in [0.1, 0.15) is 5.75 Å². The number of nitrogens with one attached hydrogen (secondary N) is 1. The zero-order valence-electron chi connectivity index (χ0n) is 14.9. The topological polar surface area (TPSA) is 56.1 Å². The van der Waals surface area contributed by atoms with Gasteiger partial charge in [-0.2, -0.15) is 5.10 Å². The predicted molar refractivity (Wildman–Crippen MR) is 101 cm³/mol. The molecule has 1 aromatic heterocycles. The normalized spacial score (nSPS) is 10.5. The highest BCUT2D eigenvalue weighted by molar-refractivity contribution is 5.78. The minimum absolute atomic E-state index is 0.00283. The van der Waals surface area contributed by atoms with Gasteiger partial charge in [-0.15, -0.1) is 0 Å². The number of hydrogen-bond donors (Lipinski definition) is 1. The SMILES string of the molecule is CCOc1ccc(CC(=O)NCc2ccccc2Cn2cccn2)cc1. The van der Waals surface area contributed by atoms with Crippen LogP contribution in [0.5, 0.6) is 5.75 Å². The average Bonchev–Trinajstić information content (AvgIpc) is 3.16. The molecule has 3 rings (SSSR count). The number of ether oxygens (including phenoxy) is 1. The van der Waals surface area contributed by atoms with Gasteiger partial charge < -0.3 is 10.1 Å². The maximum absolute atomic E-state index is 12.3. The second kappa shape index (κ2) is 8.85. The first kappa shape index (κ1) is 17.7. The van der Waals surface area contributed by atoms with Gasteiger partial charge >= 0.3 is 0 Å². The molecule has 1 amide bonds. The third-order valence-corrected chi connectivity index (χ3v) is 4.08. The highest BCUT2D eigenvalue weighted by Crippen LogP contribution is 2.13. The van der Waals surface area contributed by atoms with Crippen LogP contribution in [-0.2, 0) is 24.3 Å². The summed E-state index contributed by atoms with van der Waals surface area (Å²) in [7, 11) is 0. The third-order valence-electron chi connectivity index (χ3n) is 4.08. The molecule has 0 fully saturated rings. The Bertz CT molecular complexity index is 827. The fourth-order valence-corrected chi connectivity index (χ4v) is 2.76. The minimum atomic E-state index is 0.00283. The Hall–Kier alpha value is -3.08. The van der Waals surface area contributed by atoms with Crippen LogP contribution in [0.4, 0.5) is 0 Å². The van der Waals surface area contributed by atoms with Crippen molar-refractivity contribution >= 4 is 5.91 Å². The molecule has 3 aromatic rings. The van der Waals surface area contributed by atoms with Crippen LogP contribution in [0.25, 0.3) is 0 Å². The quantitative estimate of drug-likeness (QED) is 0.679. The zero-order valence-corrected chi connectivity index (χ0v) is 14.9. The summed E-state index contributed by atoms with van der Waals surface area (Å²) in [4.78, 5) is 12.3. The van der Waals surface area contributed by atoms with E-state index in [1.165, 1.54) is 0 Å². The van der Waals surface area contributed by atoms with Gasteiger partial charge in [0.2, 0.25) is 5.91 Å². The van der Waals surface area contributed by atoms with E-state index < -0.39 is 0 Å². The van der Waals surface area contributed by atoms with Gasteiger partial charge in [0.25, 0.3) is 0 Å². The summed E-state index contributed by atoms with van der Waals surface area (Å²) in [5.74, 6) is 0.826. The molecular weight excluding hydrogens is 326 g/mol. The van der Waals surface area contributed by atoms with Crippen LogP contribution in [0.1, 0.15) is 23.6 Å². The lowest BCUT2D eigenvalue weighted by atomic mass is 10.1. The number of carbonyl (C=O) groups is 1. The molecule has 26 heavy (non-hydrogen) atoms. The summed E-state index contributed by atoms with van der Waals surface area (Å²) in [5.41, 5.74) is 3.22. The van der Waals surface area contributed by atoms with Crippen LogP contribution in [0.3, 0.4) is 0 Å². The fourth-order valence-electron chi connectivity index (χ4n) is 2.76. The van der Waals surface area contributed by atoms with E-state index >= 15 is 0 Å². The van der Waals surface area contributed by atoms with Crippen molar-refractivity contribution < 1.29 is 9.53 Å². The molecule has 0 saturated carbocycles. The van der Waals surface area contributed by atoms with E-state index in [-0.39, 0.29) is 5.91 Å². The average molecular weight is 349 g/mol. The molecule has 0 atom stereocenters. The van der Waals surface area contributed by atoms with E-state index in [1.807, 2.05) is 66.3 Å². The highest BCUT2D eigenvalue weighted by Gasteiger charge is 2.07. The van der Waals surface area contributed by atoms with Crippen molar-refractivity contribution in [2.75, 3.05) is 6.61 Å². The van der Waals surface area contributed by atoms with Crippen LogP contribution in [0, 0.1) is 0 Å². The lowest BCUT2D eigenvalue weighted by Gasteiger charge is -2.11. The van der Waals surface area contributed by atoms with E-state index in [0.717, 1.165) is 22.4 Å². The number of nitrogens with zero attached hydrogens (tertiary/aromatic N) is 2. The van der Waals surface area contributed by atoms with E-state index in [2.05, 4.69) is 16.5 Å². The van der Waals surface area contributed by atoms with Crippen molar-refractivity contribution in [3.05, 3.63) is 83.7 Å². The first-order chi connectivity index (χ1) is 12.7. The number of benzene rings is 2. The number of carbonyl (C=O) groups excluding carboxylic acids is 1. The molecule has 2 aromatic carbocycles. The van der Waals surface area contributed by atoms with Crippen molar-refractivity contribution in [3.8, 4) is 5.75 Å². The molecular formula is C21H23N3O2. The Balaban J connectivity index is 1.56. The monoisotopic (exact) mass is 349 g/mol. The maximum Gasteiger partial charge on any atom is 0.224 e. The number of hydrogen-bond acceptors (Lipinski definition) is 3. The summed E-state index contributed by atoms with van der Waals surface area (Å²) >= 11 is 0. The first-order valence-corrected chi connectivity index (χ1v) is 8.77. The molecule has 0 aliphatic rings. The van der Waals surface area contributed by atoms with Crippen molar-refractivity contribution in [2.24, 2.45) is 0 Å². The molecule has 0 bridgehead atoms. The maximum atomic E-state index is 12.3. The van der Waals surface area contributed by atoms with Crippen LogP contribution in [-0.4, -0.2) is 22.3 Å². The van der Waals surface area contributed by atoms with Crippen molar-refractivity contribution in [2.45, 2.75) is 26.4 Å². The van der Waals surface area contributed by atoms with Gasteiger partial charge in [0.05, 0.1) is 19.6 Å². The molecule has 5 nitrogen and oxygen atoms in total. The summed E-state index contributed by atoms with van der Waals surface area (Å²) < 4.78 is 7.30. The largest absolute Gasteiger partial charge is 0.494 e. The van der Waals surface area contributed by atoms with Crippen molar-refractivity contribution in [3.63, 3.8) is 0 Å². The molecule has 0 unspecified atom stereocenters. The Morgan fingerprint density at radius 1 is 1.08 bits per heavy atom. The molecule has 0 radical (unpaired) electrons. The molecule has 0 aliphatic heterocycles. The van der Waals surface area contributed by atoms with Gasteiger partial charge in [-0.05, 0) is 41.8 Å². The van der Waals surface area contributed by atoms with Crippen molar-refractivity contribution in [1.82, 2.24) is 15.1 Å². The fraction of sp³-hybridized carbons (Fsp3) is 0.238. The second-order valence-electron chi connectivity index (χ2n) is 6.00. The molecule has 1 heterocycles. The van der Waals surface area contributed by atoms with E-state index in [9.17, 15) is 4.79 Å². The van der Waals surface area contributed by atoms with Crippen LogP contribution < -0.4 is 10.1 Å². The Labute approximate surface area is 153 Å². The number of aromatic nitrogens is 2. The summed E-state index contributed by atoms with van der Waals surface area (Å²) in [5, 5.41) is 7.25.